The van der Waals surface area contributed by atoms with Gasteiger partial charge in [0.25, 0.3) is 0 Å². The largest absolute Gasteiger partial charge is 0.289 e. The molecule has 0 aromatic heterocycles. The summed E-state index contributed by atoms with van der Waals surface area (Å²) in [6.07, 6.45) is 3.78. The SMILES string of the molecule is O=C1C2=C(I)C(I)=C1C=C2. The van der Waals surface area contributed by atoms with E-state index in [2.05, 4.69) is 45.2 Å². The molecule has 3 heteroatoms. The van der Waals surface area contributed by atoms with Crippen molar-refractivity contribution in [3.63, 3.8) is 0 Å². The summed E-state index contributed by atoms with van der Waals surface area (Å²) in [5.74, 6) is 0.203. The summed E-state index contributed by atoms with van der Waals surface area (Å²) in [4.78, 5) is 11.2. The number of carbonyl (C=O) groups is 1. The number of halogens is 2. The van der Waals surface area contributed by atoms with Crippen LogP contribution in [0.2, 0.25) is 0 Å². The Hall–Kier alpha value is 0.350. The number of rotatable bonds is 0. The molecular formula is C7H2I2O. The van der Waals surface area contributed by atoms with Crippen LogP contribution in [0.5, 0.6) is 0 Å². The Kier molecular flexibility index (Phi) is 1.52. The van der Waals surface area contributed by atoms with Crippen molar-refractivity contribution in [3.8, 4) is 0 Å². The minimum atomic E-state index is 0.203. The fraction of sp³-hybridized carbons (Fsp3) is 0. The number of Topliss-reactive ketones (excluding diaryl/α,β-unsaturated/α-hetero) is 1. The molecule has 0 aromatic rings. The Morgan fingerprint density at radius 1 is 1.00 bits per heavy atom. The standard InChI is InChI=1S/C7H2I2O/c8-5-3-1-2-4(6(5)9)7(3)10/h1-2H. The number of hydrogen-bond donors (Lipinski definition) is 0. The molecule has 0 spiro atoms. The second-order valence-electron chi connectivity index (χ2n) is 2.12. The molecule has 0 amide bonds. The van der Waals surface area contributed by atoms with Crippen LogP contribution in [0.3, 0.4) is 0 Å². The van der Waals surface area contributed by atoms with E-state index in [-0.39, 0.29) is 5.78 Å². The van der Waals surface area contributed by atoms with E-state index in [9.17, 15) is 4.79 Å². The predicted molar refractivity (Wildman–Crippen MR) is 56.2 cm³/mol. The van der Waals surface area contributed by atoms with Gasteiger partial charge in [-0.2, -0.15) is 0 Å². The molecule has 0 aliphatic heterocycles. The third kappa shape index (κ3) is 0.702. The maximum absolute atomic E-state index is 11.2. The number of fused-ring (bicyclic) bond motifs is 2. The number of ketones is 1. The molecule has 0 atom stereocenters. The maximum Gasteiger partial charge on any atom is 0.195 e. The lowest BCUT2D eigenvalue weighted by Crippen LogP contribution is -1.89. The number of allylic oxidation sites excluding steroid dienone is 6. The van der Waals surface area contributed by atoms with E-state index in [4.69, 9.17) is 0 Å². The molecule has 0 unspecified atom stereocenters. The van der Waals surface area contributed by atoms with Crippen LogP contribution in [0.25, 0.3) is 0 Å². The first-order valence-corrected chi connectivity index (χ1v) is 4.90. The lowest BCUT2D eigenvalue weighted by molar-refractivity contribution is -0.111. The van der Waals surface area contributed by atoms with E-state index < -0.39 is 0 Å². The molecule has 2 rings (SSSR count). The molecule has 0 N–H and O–H groups in total. The number of hydrogen-bond acceptors (Lipinski definition) is 1. The fourth-order valence-electron chi connectivity index (χ4n) is 1.05. The Morgan fingerprint density at radius 3 is 1.60 bits per heavy atom. The summed E-state index contributed by atoms with van der Waals surface area (Å²) in [6, 6.07) is 0. The highest BCUT2D eigenvalue weighted by Crippen LogP contribution is 2.42. The minimum Gasteiger partial charge on any atom is -0.289 e. The molecule has 2 bridgehead atoms. The summed E-state index contributed by atoms with van der Waals surface area (Å²) in [6.45, 7) is 0. The van der Waals surface area contributed by atoms with Crippen LogP contribution in [0.15, 0.2) is 30.5 Å². The van der Waals surface area contributed by atoms with Gasteiger partial charge in [-0.05, 0) is 57.3 Å². The van der Waals surface area contributed by atoms with Gasteiger partial charge >= 0.3 is 0 Å². The van der Waals surface area contributed by atoms with Gasteiger partial charge in [0.15, 0.2) is 5.78 Å². The van der Waals surface area contributed by atoms with Crippen molar-refractivity contribution in [2.75, 3.05) is 0 Å². The summed E-state index contributed by atoms with van der Waals surface area (Å²) < 4.78 is 2.22. The van der Waals surface area contributed by atoms with Gasteiger partial charge in [-0.1, -0.05) is 0 Å². The van der Waals surface area contributed by atoms with Crippen molar-refractivity contribution in [2.24, 2.45) is 0 Å². The fourth-order valence-corrected chi connectivity index (χ4v) is 2.48. The molecular weight excluding hydrogens is 354 g/mol. The van der Waals surface area contributed by atoms with Crippen LogP contribution in [-0.4, -0.2) is 5.78 Å². The van der Waals surface area contributed by atoms with Crippen LogP contribution in [0.1, 0.15) is 0 Å². The second-order valence-corrected chi connectivity index (χ2v) is 4.28. The maximum atomic E-state index is 11.2. The van der Waals surface area contributed by atoms with Crippen molar-refractivity contribution in [1.29, 1.82) is 0 Å². The van der Waals surface area contributed by atoms with Gasteiger partial charge in [0, 0.05) is 18.3 Å². The molecule has 0 saturated heterocycles. The highest BCUT2D eigenvalue weighted by molar-refractivity contribution is 14.1. The van der Waals surface area contributed by atoms with E-state index in [1.165, 1.54) is 0 Å². The first-order chi connectivity index (χ1) is 4.72. The Morgan fingerprint density at radius 2 is 1.40 bits per heavy atom. The van der Waals surface area contributed by atoms with Gasteiger partial charge in [0.1, 0.15) is 0 Å². The highest BCUT2D eigenvalue weighted by Gasteiger charge is 2.30. The lowest BCUT2D eigenvalue weighted by atomic mass is 10.2. The van der Waals surface area contributed by atoms with Crippen molar-refractivity contribution in [3.05, 3.63) is 30.5 Å². The zero-order chi connectivity index (χ0) is 7.30. The molecule has 0 radical (unpaired) electrons. The van der Waals surface area contributed by atoms with Gasteiger partial charge in [-0.25, -0.2) is 0 Å². The van der Waals surface area contributed by atoms with Crippen molar-refractivity contribution in [1.82, 2.24) is 0 Å². The van der Waals surface area contributed by atoms with Crippen LogP contribution < -0.4 is 0 Å². The third-order valence-corrected chi connectivity index (χ3v) is 4.84. The smallest absolute Gasteiger partial charge is 0.195 e. The third-order valence-electron chi connectivity index (χ3n) is 1.57. The van der Waals surface area contributed by atoms with Gasteiger partial charge in [-0.3, -0.25) is 4.79 Å². The molecule has 0 aromatic carbocycles. The van der Waals surface area contributed by atoms with Gasteiger partial charge in [0.2, 0.25) is 0 Å². The van der Waals surface area contributed by atoms with Crippen molar-refractivity contribution in [2.45, 2.75) is 0 Å². The molecule has 2 aliphatic rings. The molecule has 1 nitrogen and oxygen atoms in total. The molecule has 0 saturated carbocycles. The normalized spacial score (nSPS) is 22.0. The molecule has 50 valence electrons. The average Bonchev–Trinajstić information content (AvgIpc) is 2.34. The van der Waals surface area contributed by atoms with Crippen LogP contribution >= 0.6 is 45.2 Å². The highest BCUT2D eigenvalue weighted by atomic mass is 127. The van der Waals surface area contributed by atoms with E-state index >= 15 is 0 Å². The first kappa shape index (κ1) is 7.02. The molecule has 2 aliphatic carbocycles. The zero-order valence-corrected chi connectivity index (χ0v) is 9.13. The zero-order valence-electron chi connectivity index (χ0n) is 4.82. The van der Waals surface area contributed by atoms with E-state index in [1.807, 2.05) is 12.2 Å². The monoisotopic (exact) mass is 356 g/mol. The average molecular weight is 356 g/mol. The van der Waals surface area contributed by atoms with Gasteiger partial charge in [-0.15, -0.1) is 0 Å². The number of carbonyl (C=O) groups excluding carboxylic acids is 1. The van der Waals surface area contributed by atoms with Gasteiger partial charge < -0.3 is 0 Å². The summed E-state index contributed by atoms with van der Waals surface area (Å²) in [5.41, 5.74) is 1.75. The Balaban J connectivity index is 2.77. The van der Waals surface area contributed by atoms with Crippen molar-refractivity contribution < 1.29 is 4.79 Å². The topological polar surface area (TPSA) is 17.1 Å². The quantitative estimate of drug-likeness (QED) is 0.610. The summed E-state index contributed by atoms with van der Waals surface area (Å²) in [5, 5.41) is 0. The van der Waals surface area contributed by atoms with E-state index in [0.717, 1.165) is 18.3 Å². The summed E-state index contributed by atoms with van der Waals surface area (Å²) in [7, 11) is 0. The Labute approximate surface area is 85.5 Å². The van der Waals surface area contributed by atoms with E-state index in [1.54, 1.807) is 0 Å². The first-order valence-electron chi connectivity index (χ1n) is 2.74. The van der Waals surface area contributed by atoms with Crippen molar-refractivity contribution >= 4 is 51.0 Å². The Bertz CT molecular complexity index is 290. The summed E-state index contributed by atoms with van der Waals surface area (Å²) >= 11 is 4.42. The predicted octanol–water partition coefficient (Wildman–Crippen LogP) is 2.52. The molecule has 0 heterocycles. The molecule has 0 fully saturated rings. The van der Waals surface area contributed by atoms with E-state index in [0.29, 0.717) is 0 Å². The van der Waals surface area contributed by atoms with Crippen LogP contribution in [0.4, 0.5) is 0 Å². The molecule has 10 heavy (non-hydrogen) atoms. The van der Waals surface area contributed by atoms with Crippen LogP contribution in [-0.2, 0) is 4.79 Å². The second kappa shape index (κ2) is 2.17. The minimum absolute atomic E-state index is 0.203. The van der Waals surface area contributed by atoms with Gasteiger partial charge in [0.05, 0.1) is 0 Å². The lowest BCUT2D eigenvalue weighted by Gasteiger charge is -1.93. The van der Waals surface area contributed by atoms with Crippen LogP contribution in [0, 0.1) is 0 Å².